The molecule has 20 heavy (non-hydrogen) atoms. The summed E-state index contributed by atoms with van der Waals surface area (Å²) in [6.07, 6.45) is 3.59. The van der Waals surface area contributed by atoms with Gasteiger partial charge in [-0.2, -0.15) is 0 Å². The Morgan fingerprint density at radius 3 is 2.70 bits per heavy atom. The standard InChI is InChI=1S/C14H14ClN3OS/c1-20-11-6-4-10(5-7-11)9-17-14(19)18-12-3-2-8-16-13(12)15/h2-8H,9H2,1H3,(H2,17,18,19). The molecular weight excluding hydrogens is 294 g/mol. The number of pyridine rings is 1. The number of anilines is 1. The monoisotopic (exact) mass is 307 g/mol. The van der Waals surface area contributed by atoms with E-state index in [4.69, 9.17) is 11.6 Å². The number of urea groups is 1. The molecule has 1 aromatic carbocycles. The summed E-state index contributed by atoms with van der Waals surface area (Å²) in [5.74, 6) is 0. The third-order valence-corrected chi connectivity index (χ3v) is 3.66. The van der Waals surface area contributed by atoms with Crippen LogP contribution >= 0.6 is 23.4 Å². The number of hydrogen-bond donors (Lipinski definition) is 2. The van der Waals surface area contributed by atoms with Gasteiger partial charge in [0.05, 0.1) is 5.69 Å². The number of carbonyl (C=O) groups excluding carboxylic acids is 1. The maximum atomic E-state index is 11.7. The average molecular weight is 308 g/mol. The van der Waals surface area contributed by atoms with Crippen LogP contribution in [0, 0.1) is 0 Å². The molecule has 0 bridgehead atoms. The number of halogens is 1. The molecule has 0 atom stereocenters. The fourth-order valence-electron chi connectivity index (χ4n) is 1.57. The van der Waals surface area contributed by atoms with Crippen LogP contribution in [0.15, 0.2) is 47.5 Å². The van der Waals surface area contributed by atoms with Gasteiger partial charge < -0.3 is 10.6 Å². The number of hydrogen-bond acceptors (Lipinski definition) is 3. The fraction of sp³-hybridized carbons (Fsp3) is 0.143. The van der Waals surface area contributed by atoms with Crippen LogP contribution in [0.5, 0.6) is 0 Å². The minimum Gasteiger partial charge on any atom is -0.334 e. The number of benzene rings is 1. The van der Waals surface area contributed by atoms with E-state index in [0.717, 1.165) is 5.56 Å². The second kappa shape index (κ2) is 7.17. The van der Waals surface area contributed by atoms with Gasteiger partial charge in [-0.1, -0.05) is 23.7 Å². The van der Waals surface area contributed by atoms with E-state index in [0.29, 0.717) is 12.2 Å². The minimum absolute atomic E-state index is 0.270. The summed E-state index contributed by atoms with van der Waals surface area (Å²) in [7, 11) is 0. The Balaban J connectivity index is 1.87. The zero-order valence-electron chi connectivity index (χ0n) is 10.9. The van der Waals surface area contributed by atoms with Crippen molar-refractivity contribution < 1.29 is 4.79 Å². The number of amides is 2. The molecule has 4 nitrogen and oxygen atoms in total. The Morgan fingerprint density at radius 1 is 1.30 bits per heavy atom. The zero-order valence-corrected chi connectivity index (χ0v) is 12.5. The lowest BCUT2D eigenvalue weighted by atomic mass is 10.2. The quantitative estimate of drug-likeness (QED) is 0.667. The Morgan fingerprint density at radius 2 is 2.05 bits per heavy atom. The van der Waals surface area contributed by atoms with E-state index in [2.05, 4.69) is 15.6 Å². The zero-order chi connectivity index (χ0) is 14.4. The molecule has 0 aliphatic rings. The molecule has 0 fully saturated rings. The van der Waals surface area contributed by atoms with Crippen molar-refractivity contribution in [3.8, 4) is 0 Å². The highest BCUT2D eigenvalue weighted by atomic mass is 35.5. The number of aromatic nitrogens is 1. The van der Waals surface area contributed by atoms with Crippen LogP contribution in [0.4, 0.5) is 10.5 Å². The first kappa shape index (κ1) is 14.7. The molecule has 0 spiro atoms. The molecule has 1 heterocycles. The van der Waals surface area contributed by atoms with Crippen LogP contribution in [-0.4, -0.2) is 17.3 Å². The maximum absolute atomic E-state index is 11.7. The van der Waals surface area contributed by atoms with Crippen LogP contribution in [0.25, 0.3) is 0 Å². The first-order valence-electron chi connectivity index (χ1n) is 5.97. The molecule has 0 unspecified atom stereocenters. The molecule has 0 saturated carbocycles. The molecule has 6 heteroatoms. The average Bonchev–Trinajstić information content (AvgIpc) is 2.48. The van der Waals surface area contributed by atoms with Gasteiger partial charge >= 0.3 is 6.03 Å². The third-order valence-electron chi connectivity index (χ3n) is 2.62. The molecule has 0 radical (unpaired) electrons. The van der Waals surface area contributed by atoms with Gasteiger partial charge in [-0.25, -0.2) is 9.78 Å². The van der Waals surface area contributed by atoms with E-state index < -0.39 is 0 Å². The van der Waals surface area contributed by atoms with Crippen LogP contribution in [0.2, 0.25) is 5.15 Å². The van der Waals surface area contributed by atoms with E-state index >= 15 is 0 Å². The number of nitrogens with zero attached hydrogens (tertiary/aromatic N) is 1. The predicted molar refractivity (Wildman–Crippen MR) is 83.3 cm³/mol. The maximum Gasteiger partial charge on any atom is 0.319 e. The van der Waals surface area contributed by atoms with Gasteiger partial charge in [-0.15, -0.1) is 11.8 Å². The minimum atomic E-state index is -0.311. The molecule has 2 rings (SSSR count). The van der Waals surface area contributed by atoms with Gasteiger partial charge in [-0.3, -0.25) is 0 Å². The molecule has 0 aliphatic carbocycles. The van der Waals surface area contributed by atoms with Crippen LogP contribution in [0.1, 0.15) is 5.56 Å². The van der Waals surface area contributed by atoms with Crippen molar-refractivity contribution in [1.82, 2.24) is 10.3 Å². The highest BCUT2D eigenvalue weighted by Crippen LogP contribution is 2.17. The second-order valence-corrected chi connectivity index (χ2v) is 5.24. The highest BCUT2D eigenvalue weighted by molar-refractivity contribution is 7.98. The van der Waals surface area contributed by atoms with Crippen LogP contribution in [-0.2, 0) is 6.54 Å². The number of thioether (sulfide) groups is 1. The Kier molecular flexibility index (Phi) is 5.26. The largest absolute Gasteiger partial charge is 0.334 e. The molecule has 2 amide bonds. The van der Waals surface area contributed by atoms with Gasteiger partial charge in [0.2, 0.25) is 0 Å². The summed E-state index contributed by atoms with van der Waals surface area (Å²) in [5.41, 5.74) is 1.53. The fourth-order valence-corrected chi connectivity index (χ4v) is 2.15. The Bertz CT molecular complexity index is 589. The summed E-state index contributed by atoms with van der Waals surface area (Å²) < 4.78 is 0. The second-order valence-electron chi connectivity index (χ2n) is 4.00. The Labute approximate surface area is 126 Å². The molecule has 2 aromatic rings. The predicted octanol–water partition coefficient (Wildman–Crippen LogP) is 3.78. The van der Waals surface area contributed by atoms with E-state index in [1.165, 1.54) is 4.90 Å². The van der Waals surface area contributed by atoms with Gasteiger partial charge in [0.1, 0.15) is 0 Å². The summed E-state index contributed by atoms with van der Waals surface area (Å²) in [6.45, 7) is 0.457. The SMILES string of the molecule is CSc1ccc(CNC(=O)Nc2cccnc2Cl)cc1. The highest BCUT2D eigenvalue weighted by Gasteiger charge is 2.05. The van der Waals surface area contributed by atoms with Crippen molar-refractivity contribution in [2.24, 2.45) is 0 Å². The van der Waals surface area contributed by atoms with E-state index in [-0.39, 0.29) is 11.2 Å². The van der Waals surface area contributed by atoms with Crippen molar-refractivity contribution >= 4 is 35.1 Å². The lowest BCUT2D eigenvalue weighted by Crippen LogP contribution is -2.28. The summed E-state index contributed by atoms with van der Waals surface area (Å²) >= 11 is 7.55. The van der Waals surface area contributed by atoms with Gasteiger partial charge in [0.15, 0.2) is 5.15 Å². The molecule has 0 aliphatic heterocycles. The third kappa shape index (κ3) is 4.15. The van der Waals surface area contributed by atoms with Gasteiger partial charge in [0, 0.05) is 17.6 Å². The van der Waals surface area contributed by atoms with Crippen molar-refractivity contribution in [2.45, 2.75) is 11.4 Å². The summed E-state index contributed by atoms with van der Waals surface area (Å²) in [6, 6.07) is 11.1. The van der Waals surface area contributed by atoms with Crippen LogP contribution in [0.3, 0.4) is 0 Å². The van der Waals surface area contributed by atoms with E-state index in [1.54, 1.807) is 30.1 Å². The molecule has 2 N–H and O–H groups in total. The molecule has 0 saturated heterocycles. The van der Waals surface area contributed by atoms with Crippen molar-refractivity contribution in [3.63, 3.8) is 0 Å². The van der Waals surface area contributed by atoms with Crippen LogP contribution < -0.4 is 10.6 Å². The van der Waals surface area contributed by atoms with E-state index in [1.807, 2.05) is 30.5 Å². The molecule has 104 valence electrons. The van der Waals surface area contributed by atoms with Crippen molar-refractivity contribution in [2.75, 3.05) is 11.6 Å². The molecular formula is C14H14ClN3OS. The lowest BCUT2D eigenvalue weighted by Gasteiger charge is -2.08. The summed E-state index contributed by atoms with van der Waals surface area (Å²) in [5, 5.41) is 5.69. The first-order valence-corrected chi connectivity index (χ1v) is 7.57. The number of nitrogens with one attached hydrogen (secondary N) is 2. The topological polar surface area (TPSA) is 54.0 Å². The van der Waals surface area contributed by atoms with Crippen molar-refractivity contribution in [3.05, 3.63) is 53.3 Å². The van der Waals surface area contributed by atoms with Gasteiger partial charge in [0.25, 0.3) is 0 Å². The van der Waals surface area contributed by atoms with Gasteiger partial charge in [-0.05, 0) is 36.1 Å². The van der Waals surface area contributed by atoms with E-state index in [9.17, 15) is 4.79 Å². The lowest BCUT2D eigenvalue weighted by molar-refractivity contribution is 0.251. The first-order chi connectivity index (χ1) is 9.69. The van der Waals surface area contributed by atoms with Crippen molar-refractivity contribution in [1.29, 1.82) is 0 Å². The number of rotatable bonds is 4. The Hall–Kier alpha value is -1.72. The normalized spacial score (nSPS) is 10.1. The smallest absolute Gasteiger partial charge is 0.319 e. The molecule has 1 aromatic heterocycles. The summed E-state index contributed by atoms with van der Waals surface area (Å²) in [4.78, 5) is 16.8. The number of carbonyl (C=O) groups is 1.